The van der Waals surface area contributed by atoms with Gasteiger partial charge in [0.2, 0.25) is 5.88 Å². The maximum Gasteiger partial charge on any atom is 0.221 e. The lowest BCUT2D eigenvalue weighted by Crippen LogP contribution is -2.50. The molecule has 7 rings (SSSR count). The third-order valence-corrected chi connectivity index (χ3v) is 7.48. The fourth-order valence-corrected chi connectivity index (χ4v) is 5.52. The van der Waals surface area contributed by atoms with Gasteiger partial charge in [-0.1, -0.05) is 97.1 Å². The number of nitrogens with two attached hydrogens (primary N) is 1. The zero-order chi connectivity index (χ0) is 26.9. The maximum absolute atomic E-state index is 6.92. The van der Waals surface area contributed by atoms with Crippen molar-refractivity contribution in [2.75, 3.05) is 5.32 Å². The Morgan fingerprint density at radius 1 is 0.725 bits per heavy atom. The number of anilines is 1. The average Bonchev–Trinajstić information content (AvgIpc) is 3.33. The van der Waals surface area contributed by atoms with Crippen LogP contribution in [0.25, 0.3) is 27.5 Å². The normalized spacial score (nSPS) is 18.3. The van der Waals surface area contributed by atoms with E-state index < -0.39 is 5.54 Å². The Morgan fingerprint density at radius 3 is 2.33 bits per heavy atom. The lowest BCUT2D eigenvalue weighted by Gasteiger charge is -2.36. The number of pyridine rings is 1. The van der Waals surface area contributed by atoms with Crippen molar-refractivity contribution in [2.24, 2.45) is 5.73 Å². The number of allylic oxidation sites excluding steroid dienone is 2. The SMILES string of the molecule is NC1(c2ccccc2)C=CC=CC1Nc1cccc(Oc2ccc3c4ccccc4n(-c4ccccc4)c3c2)n1. The van der Waals surface area contributed by atoms with E-state index in [9.17, 15) is 0 Å². The molecule has 4 aromatic carbocycles. The van der Waals surface area contributed by atoms with Gasteiger partial charge in [-0.25, -0.2) is 0 Å². The largest absolute Gasteiger partial charge is 0.439 e. The molecule has 0 saturated heterocycles. The second kappa shape index (κ2) is 9.88. The summed E-state index contributed by atoms with van der Waals surface area (Å²) >= 11 is 0. The van der Waals surface area contributed by atoms with Crippen molar-refractivity contribution in [1.82, 2.24) is 9.55 Å². The Balaban J connectivity index is 1.21. The quantitative estimate of drug-likeness (QED) is 0.236. The first-order chi connectivity index (χ1) is 19.7. The summed E-state index contributed by atoms with van der Waals surface area (Å²) in [6.07, 6.45) is 8.09. The third kappa shape index (κ3) is 4.23. The molecule has 0 radical (unpaired) electrons. The zero-order valence-corrected chi connectivity index (χ0v) is 21.8. The highest BCUT2D eigenvalue weighted by Crippen LogP contribution is 2.35. The average molecular weight is 521 g/mol. The van der Waals surface area contributed by atoms with Crippen molar-refractivity contribution in [2.45, 2.75) is 11.6 Å². The fraction of sp³-hybridized carbons (Fsp3) is 0.0571. The highest BCUT2D eigenvalue weighted by Gasteiger charge is 2.34. The molecule has 0 aliphatic heterocycles. The van der Waals surface area contributed by atoms with Crippen molar-refractivity contribution in [3.05, 3.63) is 151 Å². The van der Waals surface area contributed by atoms with Crippen molar-refractivity contribution >= 4 is 27.6 Å². The van der Waals surface area contributed by atoms with Crippen molar-refractivity contribution in [3.63, 3.8) is 0 Å². The molecule has 40 heavy (non-hydrogen) atoms. The molecule has 0 amide bonds. The molecule has 5 nitrogen and oxygen atoms in total. The van der Waals surface area contributed by atoms with Crippen LogP contribution < -0.4 is 15.8 Å². The van der Waals surface area contributed by atoms with Crippen LogP contribution in [0.15, 0.2) is 146 Å². The first-order valence-corrected chi connectivity index (χ1v) is 13.4. The van der Waals surface area contributed by atoms with Gasteiger partial charge < -0.3 is 20.4 Å². The van der Waals surface area contributed by atoms with E-state index in [-0.39, 0.29) is 6.04 Å². The molecule has 0 bridgehead atoms. The Morgan fingerprint density at radius 2 is 1.48 bits per heavy atom. The standard InChI is InChI=1S/C35H28N4O/c36-35(25-12-3-1-4-13-25)23-10-9-18-32(35)37-33-19-11-20-34(38-33)40-27-21-22-29-28-16-7-8-17-30(28)39(31(29)24-27)26-14-5-2-6-15-26/h1-24,32H,36H2,(H,37,38). The Kier molecular flexibility index (Phi) is 5.91. The molecular weight excluding hydrogens is 492 g/mol. The molecule has 2 atom stereocenters. The lowest BCUT2D eigenvalue weighted by atomic mass is 9.81. The van der Waals surface area contributed by atoms with E-state index in [2.05, 4.69) is 88.8 Å². The van der Waals surface area contributed by atoms with Crippen LogP contribution in [0.5, 0.6) is 11.6 Å². The second-order valence-electron chi connectivity index (χ2n) is 10.00. The Hall–Kier alpha value is -5.13. The van der Waals surface area contributed by atoms with Crippen LogP contribution in [-0.4, -0.2) is 15.6 Å². The van der Waals surface area contributed by atoms with Crippen molar-refractivity contribution in [3.8, 4) is 17.3 Å². The zero-order valence-electron chi connectivity index (χ0n) is 21.8. The van der Waals surface area contributed by atoms with Crippen molar-refractivity contribution < 1.29 is 4.74 Å². The van der Waals surface area contributed by atoms with Gasteiger partial charge in [0.05, 0.1) is 22.6 Å². The molecule has 5 heteroatoms. The van der Waals surface area contributed by atoms with Crippen LogP contribution in [0.4, 0.5) is 5.82 Å². The van der Waals surface area contributed by atoms with Gasteiger partial charge >= 0.3 is 0 Å². The number of benzene rings is 4. The molecule has 3 N–H and O–H groups in total. The topological polar surface area (TPSA) is 65.1 Å². The summed E-state index contributed by atoms with van der Waals surface area (Å²) in [5, 5.41) is 5.89. The third-order valence-electron chi connectivity index (χ3n) is 7.48. The minimum atomic E-state index is -0.704. The number of ether oxygens (including phenoxy) is 1. The fourth-order valence-electron chi connectivity index (χ4n) is 5.52. The summed E-state index contributed by atoms with van der Waals surface area (Å²) in [5.74, 6) is 1.91. The molecule has 194 valence electrons. The van der Waals surface area contributed by atoms with Gasteiger partial charge in [-0.05, 0) is 42.0 Å². The van der Waals surface area contributed by atoms with Gasteiger partial charge in [-0.3, -0.25) is 0 Å². The van der Waals surface area contributed by atoms with Gasteiger partial charge in [0.15, 0.2) is 0 Å². The molecule has 1 aliphatic carbocycles. The molecule has 0 fully saturated rings. The second-order valence-corrected chi connectivity index (χ2v) is 10.00. The minimum absolute atomic E-state index is 0.180. The molecule has 6 aromatic rings. The highest BCUT2D eigenvalue weighted by molar-refractivity contribution is 6.09. The van der Waals surface area contributed by atoms with Gasteiger partial charge in [0, 0.05) is 28.6 Å². The number of hydrogen-bond donors (Lipinski definition) is 2. The first-order valence-electron chi connectivity index (χ1n) is 13.4. The molecule has 0 saturated carbocycles. The molecule has 0 spiro atoms. The smallest absolute Gasteiger partial charge is 0.221 e. The van der Waals surface area contributed by atoms with Crippen LogP contribution in [0.1, 0.15) is 5.56 Å². The van der Waals surface area contributed by atoms with Crippen LogP contribution in [0.3, 0.4) is 0 Å². The van der Waals surface area contributed by atoms with E-state index in [0.29, 0.717) is 11.7 Å². The predicted molar refractivity (Wildman–Crippen MR) is 163 cm³/mol. The number of fused-ring (bicyclic) bond motifs is 3. The predicted octanol–water partition coefficient (Wildman–Crippen LogP) is 7.73. The summed E-state index contributed by atoms with van der Waals surface area (Å²) in [6, 6.07) is 40.7. The molecule has 2 unspecified atom stereocenters. The number of nitrogens with one attached hydrogen (secondary N) is 1. The summed E-state index contributed by atoms with van der Waals surface area (Å²) < 4.78 is 8.59. The Bertz CT molecular complexity index is 1870. The number of para-hydroxylation sites is 2. The van der Waals surface area contributed by atoms with E-state index in [1.54, 1.807) is 0 Å². The monoisotopic (exact) mass is 520 g/mol. The number of rotatable bonds is 6. The van der Waals surface area contributed by atoms with Gasteiger partial charge in [-0.2, -0.15) is 4.98 Å². The maximum atomic E-state index is 6.92. The molecule has 2 aromatic heterocycles. The van der Waals surface area contributed by atoms with Crippen LogP contribution in [-0.2, 0) is 5.54 Å². The summed E-state index contributed by atoms with van der Waals surface area (Å²) in [7, 11) is 0. The molecule has 1 aliphatic rings. The van der Waals surface area contributed by atoms with Crippen LogP contribution >= 0.6 is 0 Å². The van der Waals surface area contributed by atoms with Gasteiger partial charge in [0.25, 0.3) is 0 Å². The van der Waals surface area contributed by atoms with E-state index >= 15 is 0 Å². The van der Waals surface area contributed by atoms with Gasteiger partial charge in [-0.15, -0.1) is 0 Å². The lowest BCUT2D eigenvalue weighted by molar-refractivity contribution is 0.463. The summed E-state index contributed by atoms with van der Waals surface area (Å²) in [4.78, 5) is 4.77. The highest BCUT2D eigenvalue weighted by atomic mass is 16.5. The van der Waals surface area contributed by atoms with Crippen molar-refractivity contribution in [1.29, 1.82) is 0 Å². The van der Waals surface area contributed by atoms with E-state index in [0.717, 1.165) is 28.0 Å². The summed E-state index contributed by atoms with van der Waals surface area (Å²) in [6.45, 7) is 0. The van der Waals surface area contributed by atoms with Gasteiger partial charge in [0.1, 0.15) is 11.6 Å². The minimum Gasteiger partial charge on any atom is -0.439 e. The molecule has 2 heterocycles. The molecular formula is C35H28N4O. The van der Waals surface area contributed by atoms with Crippen LogP contribution in [0, 0.1) is 0 Å². The van der Waals surface area contributed by atoms with Crippen LogP contribution in [0.2, 0.25) is 0 Å². The van der Waals surface area contributed by atoms with E-state index in [1.807, 2.05) is 66.8 Å². The Labute approximate surface area is 232 Å². The summed E-state index contributed by atoms with van der Waals surface area (Å²) in [5.41, 5.74) is 10.6. The number of nitrogens with zero attached hydrogens (tertiary/aromatic N) is 2. The first kappa shape index (κ1) is 23.9. The van der Waals surface area contributed by atoms with E-state index in [4.69, 9.17) is 15.5 Å². The number of aromatic nitrogens is 2. The number of hydrogen-bond acceptors (Lipinski definition) is 4. The van der Waals surface area contributed by atoms with E-state index in [1.165, 1.54) is 10.8 Å².